The number of rotatable bonds is 6. The molecule has 0 aliphatic heterocycles. The van der Waals surface area contributed by atoms with E-state index >= 15 is 0 Å². The van der Waals surface area contributed by atoms with Crippen molar-refractivity contribution in [3.63, 3.8) is 0 Å². The first-order valence-corrected chi connectivity index (χ1v) is 7.05. The van der Waals surface area contributed by atoms with Gasteiger partial charge < -0.3 is 10.1 Å². The first kappa shape index (κ1) is 14.8. The normalized spacial score (nSPS) is 12.2. The number of nitrogens with one attached hydrogen (secondary N) is 1. The van der Waals surface area contributed by atoms with Crippen molar-refractivity contribution in [2.75, 3.05) is 13.2 Å². The van der Waals surface area contributed by atoms with E-state index in [2.05, 4.69) is 15.3 Å². The van der Waals surface area contributed by atoms with Crippen LogP contribution in [0.25, 0.3) is 0 Å². The van der Waals surface area contributed by atoms with Crippen LogP contribution in [-0.4, -0.2) is 23.1 Å². The van der Waals surface area contributed by atoms with Crippen molar-refractivity contribution >= 4 is 11.6 Å². The molecule has 2 rings (SSSR count). The first-order valence-electron chi connectivity index (χ1n) is 6.67. The Morgan fingerprint density at radius 2 is 2.20 bits per heavy atom. The summed E-state index contributed by atoms with van der Waals surface area (Å²) >= 11 is 6.25. The van der Waals surface area contributed by atoms with Gasteiger partial charge in [-0.1, -0.05) is 18.5 Å². The van der Waals surface area contributed by atoms with Gasteiger partial charge >= 0.3 is 0 Å². The second-order valence-corrected chi connectivity index (χ2v) is 4.66. The zero-order chi connectivity index (χ0) is 14.4. The third kappa shape index (κ3) is 3.46. The highest BCUT2D eigenvalue weighted by Crippen LogP contribution is 2.27. The molecule has 1 N–H and O–H groups in total. The molecular weight excluding hydrogens is 274 g/mol. The van der Waals surface area contributed by atoms with Crippen molar-refractivity contribution in [1.82, 2.24) is 15.3 Å². The average molecular weight is 292 g/mol. The summed E-state index contributed by atoms with van der Waals surface area (Å²) < 4.78 is 5.50. The summed E-state index contributed by atoms with van der Waals surface area (Å²) in [4.78, 5) is 8.61. The van der Waals surface area contributed by atoms with E-state index in [1.54, 1.807) is 18.6 Å². The molecule has 5 heteroatoms. The lowest BCUT2D eigenvalue weighted by Gasteiger charge is -2.19. The average Bonchev–Trinajstić information content (AvgIpc) is 2.46. The van der Waals surface area contributed by atoms with Gasteiger partial charge in [-0.25, -0.2) is 0 Å². The lowest BCUT2D eigenvalue weighted by atomic mass is 10.0. The van der Waals surface area contributed by atoms with Gasteiger partial charge in [-0.2, -0.15) is 0 Å². The molecule has 0 aliphatic rings. The SMILES string of the molecule is CCNC(c1cncc(OCC)c1)c1ncccc1Cl. The predicted molar refractivity (Wildman–Crippen MR) is 80.2 cm³/mol. The number of hydrogen-bond acceptors (Lipinski definition) is 4. The fourth-order valence-corrected chi connectivity index (χ4v) is 2.26. The fourth-order valence-electron chi connectivity index (χ4n) is 2.03. The summed E-state index contributed by atoms with van der Waals surface area (Å²) in [5.41, 5.74) is 1.78. The summed E-state index contributed by atoms with van der Waals surface area (Å²) in [5.74, 6) is 0.750. The van der Waals surface area contributed by atoms with Gasteiger partial charge in [-0.3, -0.25) is 9.97 Å². The Labute approximate surface area is 124 Å². The Bertz CT molecular complexity index is 562. The number of hydrogen-bond donors (Lipinski definition) is 1. The Morgan fingerprint density at radius 1 is 1.35 bits per heavy atom. The highest BCUT2D eigenvalue weighted by molar-refractivity contribution is 6.31. The molecule has 2 heterocycles. The summed E-state index contributed by atoms with van der Waals surface area (Å²) in [6.45, 7) is 5.41. The van der Waals surface area contributed by atoms with Gasteiger partial charge in [0, 0.05) is 12.4 Å². The monoisotopic (exact) mass is 291 g/mol. The number of aromatic nitrogens is 2. The standard InChI is InChI=1S/C15H18ClN3O/c1-3-18-14(15-13(16)6-5-7-19-15)11-8-12(20-4-2)10-17-9-11/h5-10,14,18H,3-4H2,1-2H3. The van der Waals surface area contributed by atoms with E-state index in [0.29, 0.717) is 11.6 Å². The maximum atomic E-state index is 6.25. The van der Waals surface area contributed by atoms with Crippen LogP contribution >= 0.6 is 11.6 Å². The Morgan fingerprint density at radius 3 is 2.90 bits per heavy atom. The van der Waals surface area contributed by atoms with Crippen LogP contribution in [0.15, 0.2) is 36.8 Å². The van der Waals surface area contributed by atoms with Crippen LogP contribution in [0.4, 0.5) is 0 Å². The van der Waals surface area contributed by atoms with Crippen LogP contribution in [0.5, 0.6) is 5.75 Å². The van der Waals surface area contributed by atoms with E-state index in [-0.39, 0.29) is 6.04 Å². The molecule has 0 spiro atoms. The summed E-state index contributed by atoms with van der Waals surface area (Å²) in [6.07, 6.45) is 5.25. The molecule has 106 valence electrons. The molecule has 2 aromatic heterocycles. The van der Waals surface area contributed by atoms with E-state index in [0.717, 1.165) is 23.6 Å². The third-order valence-electron chi connectivity index (χ3n) is 2.85. The number of pyridine rings is 2. The van der Waals surface area contributed by atoms with Crippen molar-refractivity contribution in [1.29, 1.82) is 0 Å². The summed E-state index contributed by atoms with van der Waals surface area (Å²) in [7, 11) is 0. The van der Waals surface area contributed by atoms with Gasteiger partial charge in [0.15, 0.2) is 0 Å². The lowest BCUT2D eigenvalue weighted by molar-refractivity contribution is 0.338. The molecule has 2 aromatic rings. The minimum Gasteiger partial charge on any atom is -0.492 e. The maximum Gasteiger partial charge on any atom is 0.137 e. The molecule has 0 amide bonds. The van der Waals surface area contributed by atoms with Crippen molar-refractivity contribution in [2.45, 2.75) is 19.9 Å². The van der Waals surface area contributed by atoms with Crippen LogP contribution in [-0.2, 0) is 0 Å². The molecule has 1 atom stereocenters. The van der Waals surface area contributed by atoms with E-state index in [4.69, 9.17) is 16.3 Å². The topological polar surface area (TPSA) is 47.0 Å². The second kappa shape index (κ2) is 7.22. The number of nitrogens with zero attached hydrogens (tertiary/aromatic N) is 2. The molecule has 0 fully saturated rings. The van der Waals surface area contributed by atoms with Crippen LogP contribution in [0, 0.1) is 0 Å². The minimum atomic E-state index is -0.0957. The highest BCUT2D eigenvalue weighted by Gasteiger charge is 2.18. The van der Waals surface area contributed by atoms with Gasteiger partial charge in [0.05, 0.1) is 29.6 Å². The molecule has 4 nitrogen and oxygen atoms in total. The molecule has 0 aromatic carbocycles. The third-order valence-corrected chi connectivity index (χ3v) is 3.17. The lowest BCUT2D eigenvalue weighted by Crippen LogP contribution is -2.23. The highest BCUT2D eigenvalue weighted by atomic mass is 35.5. The molecule has 0 radical (unpaired) electrons. The quantitative estimate of drug-likeness (QED) is 0.888. The van der Waals surface area contributed by atoms with Gasteiger partial charge in [0.2, 0.25) is 0 Å². The van der Waals surface area contributed by atoms with Crippen LogP contribution < -0.4 is 10.1 Å². The molecule has 0 bridgehead atoms. The molecular formula is C15H18ClN3O. The molecule has 20 heavy (non-hydrogen) atoms. The number of halogens is 1. The molecule has 0 aliphatic carbocycles. The number of ether oxygens (including phenoxy) is 1. The minimum absolute atomic E-state index is 0.0957. The zero-order valence-electron chi connectivity index (χ0n) is 11.6. The zero-order valence-corrected chi connectivity index (χ0v) is 12.4. The Hall–Kier alpha value is -1.65. The molecule has 0 saturated heterocycles. The van der Waals surface area contributed by atoms with Crippen molar-refractivity contribution in [3.05, 3.63) is 53.1 Å². The van der Waals surface area contributed by atoms with Crippen LogP contribution in [0.3, 0.4) is 0 Å². The van der Waals surface area contributed by atoms with E-state index < -0.39 is 0 Å². The smallest absolute Gasteiger partial charge is 0.137 e. The molecule has 0 saturated carbocycles. The second-order valence-electron chi connectivity index (χ2n) is 4.25. The van der Waals surface area contributed by atoms with Gasteiger partial charge in [-0.15, -0.1) is 0 Å². The first-order chi connectivity index (χ1) is 9.76. The summed E-state index contributed by atoms with van der Waals surface area (Å²) in [5, 5.41) is 4.02. The van der Waals surface area contributed by atoms with E-state index in [1.807, 2.05) is 32.0 Å². The Kier molecular flexibility index (Phi) is 5.32. The van der Waals surface area contributed by atoms with Gasteiger partial charge in [0.1, 0.15) is 5.75 Å². The van der Waals surface area contributed by atoms with E-state index in [9.17, 15) is 0 Å². The summed E-state index contributed by atoms with van der Waals surface area (Å²) in [6, 6.07) is 5.54. The van der Waals surface area contributed by atoms with E-state index in [1.165, 1.54) is 0 Å². The van der Waals surface area contributed by atoms with Gasteiger partial charge in [0.25, 0.3) is 0 Å². The van der Waals surface area contributed by atoms with Crippen molar-refractivity contribution < 1.29 is 4.74 Å². The van der Waals surface area contributed by atoms with Crippen LogP contribution in [0.1, 0.15) is 31.1 Å². The predicted octanol–water partition coefficient (Wildman–Crippen LogP) is 3.23. The van der Waals surface area contributed by atoms with Crippen molar-refractivity contribution in [2.24, 2.45) is 0 Å². The van der Waals surface area contributed by atoms with Crippen molar-refractivity contribution in [3.8, 4) is 5.75 Å². The molecule has 1 unspecified atom stereocenters. The Balaban J connectivity index is 2.38. The fraction of sp³-hybridized carbons (Fsp3) is 0.333. The largest absolute Gasteiger partial charge is 0.492 e. The van der Waals surface area contributed by atoms with Gasteiger partial charge in [-0.05, 0) is 37.2 Å². The maximum absolute atomic E-state index is 6.25. The van der Waals surface area contributed by atoms with Crippen LogP contribution in [0.2, 0.25) is 5.02 Å².